The summed E-state index contributed by atoms with van der Waals surface area (Å²) in [7, 11) is 0. The Morgan fingerprint density at radius 2 is 2.00 bits per heavy atom. The number of para-hydroxylation sites is 1. The first-order chi connectivity index (χ1) is 12.5. The summed E-state index contributed by atoms with van der Waals surface area (Å²) in [6.07, 6.45) is 1.97. The van der Waals surface area contributed by atoms with Crippen LogP contribution in [0.15, 0.2) is 36.4 Å². The maximum absolute atomic E-state index is 14.3. The third kappa shape index (κ3) is 3.88. The highest BCUT2D eigenvalue weighted by molar-refractivity contribution is 6.05. The molecule has 1 heterocycles. The quantitative estimate of drug-likeness (QED) is 0.873. The average Bonchev–Trinajstić information content (AvgIpc) is 2.65. The van der Waals surface area contributed by atoms with Gasteiger partial charge in [0.15, 0.2) is 0 Å². The molecule has 3 rings (SSSR count). The Morgan fingerprint density at radius 1 is 1.27 bits per heavy atom. The Morgan fingerprint density at radius 3 is 2.69 bits per heavy atom. The van der Waals surface area contributed by atoms with Gasteiger partial charge in [0.05, 0.1) is 5.56 Å². The highest BCUT2D eigenvalue weighted by atomic mass is 19.1. The minimum Gasteiger partial charge on any atom is -0.396 e. The summed E-state index contributed by atoms with van der Waals surface area (Å²) < 4.78 is 14.3. The fourth-order valence-corrected chi connectivity index (χ4v) is 3.53. The van der Waals surface area contributed by atoms with Crippen LogP contribution in [0.5, 0.6) is 0 Å². The van der Waals surface area contributed by atoms with E-state index in [0.717, 1.165) is 48.4 Å². The van der Waals surface area contributed by atoms with Crippen molar-refractivity contribution in [1.29, 1.82) is 0 Å². The third-order valence-corrected chi connectivity index (χ3v) is 5.06. The Balaban J connectivity index is 1.84. The van der Waals surface area contributed by atoms with Crippen molar-refractivity contribution >= 4 is 17.3 Å². The van der Waals surface area contributed by atoms with E-state index in [1.807, 2.05) is 32.0 Å². The van der Waals surface area contributed by atoms with Gasteiger partial charge in [-0.2, -0.15) is 0 Å². The van der Waals surface area contributed by atoms with Gasteiger partial charge in [-0.3, -0.25) is 4.79 Å². The molecule has 0 saturated carbocycles. The van der Waals surface area contributed by atoms with E-state index in [4.69, 9.17) is 0 Å². The van der Waals surface area contributed by atoms with E-state index < -0.39 is 11.7 Å². The maximum atomic E-state index is 14.3. The number of amides is 1. The van der Waals surface area contributed by atoms with E-state index >= 15 is 0 Å². The average molecular weight is 356 g/mol. The second-order valence-corrected chi connectivity index (χ2v) is 7.02. The second kappa shape index (κ2) is 7.87. The molecule has 5 heteroatoms. The van der Waals surface area contributed by atoms with Crippen LogP contribution in [0.1, 0.15) is 34.3 Å². The Kier molecular flexibility index (Phi) is 5.57. The fourth-order valence-electron chi connectivity index (χ4n) is 3.53. The zero-order chi connectivity index (χ0) is 18.7. The van der Waals surface area contributed by atoms with Gasteiger partial charge >= 0.3 is 0 Å². The molecule has 0 aromatic heterocycles. The second-order valence-electron chi connectivity index (χ2n) is 7.02. The first-order valence-electron chi connectivity index (χ1n) is 9.02. The van der Waals surface area contributed by atoms with E-state index in [2.05, 4.69) is 10.2 Å². The molecule has 2 N–H and O–H groups in total. The van der Waals surface area contributed by atoms with E-state index in [0.29, 0.717) is 0 Å². The SMILES string of the molecule is Cc1cccc(C)c1NC(=O)c1cc(N2CCCC(CO)C2)ccc1F. The number of rotatable bonds is 4. The number of anilines is 2. The molecule has 0 radical (unpaired) electrons. The van der Waals surface area contributed by atoms with E-state index in [1.54, 1.807) is 12.1 Å². The Bertz CT molecular complexity index is 786. The first-order valence-corrected chi connectivity index (χ1v) is 9.02. The molecule has 1 aliphatic rings. The number of nitrogens with zero attached hydrogens (tertiary/aromatic N) is 1. The molecule has 1 atom stereocenters. The van der Waals surface area contributed by atoms with E-state index in [1.165, 1.54) is 6.07 Å². The van der Waals surface area contributed by atoms with Crippen LogP contribution in [0.3, 0.4) is 0 Å². The van der Waals surface area contributed by atoms with Crippen molar-refractivity contribution in [1.82, 2.24) is 0 Å². The van der Waals surface area contributed by atoms with Gasteiger partial charge in [0, 0.05) is 31.1 Å². The molecule has 1 saturated heterocycles. The van der Waals surface area contributed by atoms with Gasteiger partial charge in [0.1, 0.15) is 5.82 Å². The molecule has 26 heavy (non-hydrogen) atoms. The molecule has 2 aromatic rings. The summed E-state index contributed by atoms with van der Waals surface area (Å²) in [5.41, 5.74) is 3.46. The number of aryl methyl sites for hydroxylation is 2. The standard InChI is InChI=1S/C21H25FN2O2/c1-14-5-3-6-15(2)20(14)23-21(26)18-11-17(8-9-19(18)22)24-10-4-7-16(12-24)13-25/h3,5-6,8-9,11,16,25H,4,7,10,12-13H2,1-2H3,(H,23,26). The number of nitrogens with one attached hydrogen (secondary N) is 1. The lowest BCUT2D eigenvalue weighted by atomic mass is 9.98. The normalized spacial score (nSPS) is 17.2. The monoisotopic (exact) mass is 356 g/mol. The van der Waals surface area contributed by atoms with Crippen LogP contribution in [0.25, 0.3) is 0 Å². The largest absolute Gasteiger partial charge is 0.396 e. The van der Waals surface area contributed by atoms with Crippen molar-refractivity contribution in [3.8, 4) is 0 Å². The molecule has 1 aliphatic heterocycles. The van der Waals surface area contributed by atoms with Crippen LogP contribution >= 0.6 is 0 Å². The summed E-state index contributed by atoms with van der Waals surface area (Å²) in [4.78, 5) is 14.8. The van der Waals surface area contributed by atoms with Crippen molar-refractivity contribution in [3.05, 3.63) is 58.9 Å². The summed E-state index contributed by atoms with van der Waals surface area (Å²) in [5.74, 6) is -0.758. The fraction of sp³-hybridized carbons (Fsp3) is 0.381. The molecule has 0 aliphatic carbocycles. The number of carbonyl (C=O) groups excluding carboxylic acids is 1. The highest BCUT2D eigenvalue weighted by Gasteiger charge is 2.22. The molecular formula is C21H25FN2O2. The van der Waals surface area contributed by atoms with Crippen LogP contribution in [0.2, 0.25) is 0 Å². The number of halogens is 1. The highest BCUT2D eigenvalue weighted by Crippen LogP contribution is 2.26. The molecule has 138 valence electrons. The maximum Gasteiger partial charge on any atom is 0.258 e. The zero-order valence-corrected chi connectivity index (χ0v) is 15.3. The van der Waals surface area contributed by atoms with Gasteiger partial charge in [-0.05, 0) is 61.9 Å². The summed E-state index contributed by atoms with van der Waals surface area (Å²) >= 11 is 0. The van der Waals surface area contributed by atoms with Crippen molar-refractivity contribution in [2.75, 3.05) is 29.9 Å². The molecule has 1 unspecified atom stereocenters. The lowest BCUT2D eigenvalue weighted by Crippen LogP contribution is -2.37. The molecule has 1 fully saturated rings. The van der Waals surface area contributed by atoms with E-state index in [9.17, 15) is 14.3 Å². The summed E-state index contributed by atoms with van der Waals surface area (Å²) in [5, 5.41) is 12.3. The number of aliphatic hydroxyl groups excluding tert-OH is 1. The molecule has 4 nitrogen and oxygen atoms in total. The zero-order valence-electron chi connectivity index (χ0n) is 15.3. The van der Waals surface area contributed by atoms with Gasteiger partial charge in [-0.25, -0.2) is 4.39 Å². The van der Waals surface area contributed by atoms with Crippen LogP contribution in [0.4, 0.5) is 15.8 Å². The van der Waals surface area contributed by atoms with Gasteiger partial charge in [-0.1, -0.05) is 18.2 Å². The molecule has 0 bridgehead atoms. The van der Waals surface area contributed by atoms with Crippen LogP contribution < -0.4 is 10.2 Å². The molecule has 2 aromatic carbocycles. The number of hydrogen-bond acceptors (Lipinski definition) is 3. The number of carbonyl (C=O) groups is 1. The summed E-state index contributed by atoms with van der Waals surface area (Å²) in [6, 6.07) is 10.4. The first kappa shape index (κ1) is 18.4. The molecule has 0 spiro atoms. The Hall–Kier alpha value is -2.40. The number of hydrogen-bond donors (Lipinski definition) is 2. The molecular weight excluding hydrogens is 331 g/mol. The lowest BCUT2D eigenvalue weighted by molar-refractivity contribution is 0.102. The smallest absolute Gasteiger partial charge is 0.258 e. The van der Waals surface area contributed by atoms with Crippen molar-refractivity contribution in [2.24, 2.45) is 5.92 Å². The predicted octanol–water partition coefficient (Wildman–Crippen LogP) is 3.90. The van der Waals surface area contributed by atoms with Crippen molar-refractivity contribution in [3.63, 3.8) is 0 Å². The lowest BCUT2D eigenvalue weighted by Gasteiger charge is -2.33. The van der Waals surface area contributed by atoms with Gasteiger partial charge in [0.2, 0.25) is 0 Å². The topological polar surface area (TPSA) is 52.6 Å². The molecule has 1 amide bonds. The van der Waals surface area contributed by atoms with Gasteiger partial charge < -0.3 is 15.3 Å². The van der Waals surface area contributed by atoms with Crippen LogP contribution in [-0.2, 0) is 0 Å². The van der Waals surface area contributed by atoms with Gasteiger partial charge in [-0.15, -0.1) is 0 Å². The minimum absolute atomic E-state index is 0.0382. The number of aliphatic hydroxyl groups is 1. The number of piperidine rings is 1. The van der Waals surface area contributed by atoms with Crippen LogP contribution in [0, 0.1) is 25.6 Å². The van der Waals surface area contributed by atoms with Gasteiger partial charge in [0.25, 0.3) is 5.91 Å². The van der Waals surface area contributed by atoms with Crippen molar-refractivity contribution in [2.45, 2.75) is 26.7 Å². The number of benzene rings is 2. The predicted molar refractivity (Wildman–Crippen MR) is 102 cm³/mol. The Labute approximate surface area is 153 Å². The van der Waals surface area contributed by atoms with Crippen LogP contribution in [-0.4, -0.2) is 30.7 Å². The van der Waals surface area contributed by atoms with E-state index in [-0.39, 0.29) is 18.1 Å². The third-order valence-electron chi connectivity index (χ3n) is 5.06. The summed E-state index contributed by atoms with van der Waals surface area (Å²) in [6.45, 7) is 5.55. The van der Waals surface area contributed by atoms with Crippen molar-refractivity contribution < 1.29 is 14.3 Å². The minimum atomic E-state index is -0.534.